The van der Waals surface area contributed by atoms with Crippen LogP contribution in [0.25, 0.3) is 11.1 Å². The van der Waals surface area contributed by atoms with Crippen molar-refractivity contribution in [1.29, 1.82) is 0 Å². The number of halogens is 6. The molecule has 0 radical (unpaired) electrons. The lowest BCUT2D eigenvalue weighted by molar-refractivity contribution is -0.376. The summed E-state index contributed by atoms with van der Waals surface area (Å²) in [6.07, 6.45) is -8.70. The van der Waals surface area contributed by atoms with Gasteiger partial charge in [0.25, 0.3) is 11.5 Å². The molecule has 1 aromatic heterocycles. The smallest absolute Gasteiger partial charge is 0.369 e. The van der Waals surface area contributed by atoms with Crippen molar-refractivity contribution >= 4 is 5.91 Å². The molecule has 1 amide bonds. The van der Waals surface area contributed by atoms with E-state index in [0.717, 1.165) is 17.7 Å². The Bertz CT molecular complexity index is 1190. The van der Waals surface area contributed by atoms with Gasteiger partial charge < -0.3 is 10.0 Å². The van der Waals surface area contributed by atoms with Crippen LogP contribution in [-0.2, 0) is 12.1 Å². The Hall–Kier alpha value is -3.44. The van der Waals surface area contributed by atoms with Crippen molar-refractivity contribution in [2.45, 2.75) is 24.5 Å². The molecule has 1 aliphatic rings. The van der Waals surface area contributed by atoms with Crippen LogP contribution in [0, 0.1) is 0 Å². The van der Waals surface area contributed by atoms with E-state index >= 15 is 0 Å². The molecule has 0 aliphatic carbocycles. The summed E-state index contributed by atoms with van der Waals surface area (Å²) in [4.78, 5) is 20.5. The van der Waals surface area contributed by atoms with Gasteiger partial charge in [-0.3, -0.25) is 14.7 Å². The second kappa shape index (κ2) is 10.1. The quantitative estimate of drug-likeness (QED) is 0.478. The highest BCUT2D eigenvalue weighted by Gasteiger charge is 2.71. The Morgan fingerprint density at radius 3 is 1.84 bits per heavy atom. The highest BCUT2D eigenvalue weighted by molar-refractivity contribution is 5.93. The van der Waals surface area contributed by atoms with Crippen LogP contribution in [-0.4, -0.2) is 64.3 Å². The molecule has 0 saturated carbocycles. The van der Waals surface area contributed by atoms with Crippen LogP contribution in [0.4, 0.5) is 26.3 Å². The fraction of sp³-hybridized carbons (Fsp3) is 0.308. The first kappa shape index (κ1) is 26.6. The first-order valence-corrected chi connectivity index (χ1v) is 11.4. The molecular formula is C26H23F6N3O2. The van der Waals surface area contributed by atoms with Gasteiger partial charge in [0.15, 0.2) is 0 Å². The molecule has 0 bridgehead atoms. The number of aliphatic hydroxyl groups is 1. The molecule has 1 fully saturated rings. The molecule has 1 aliphatic heterocycles. The van der Waals surface area contributed by atoms with Crippen molar-refractivity contribution in [1.82, 2.24) is 14.8 Å². The van der Waals surface area contributed by atoms with Gasteiger partial charge in [0.05, 0.1) is 5.56 Å². The Kier molecular flexibility index (Phi) is 7.29. The van der Waals surface area contributed by atoms with E-state index in [1.807, 2.05) is 12.1 Å². The van der Waals surface area contributed by atoms with Crippen LogP contribution in [0.3, 0.4) is 0 Å². The van der Waals surface area contributed by atoms with Crippen molar-refractivity contribution < 1.29 is 36.2 Å². The highest BCUT2D eigenvalue weighted by Crippen LogP contribution is 2.50. The minimum Gasteiger partial charge on any atom is -0.369 e. The van der Waals surface area contributed by atoms with Crippen molar-refractivity contribution in [2.24, 2.45) is 0 Å². The number of amides is 1. The zero-order valence-electron chi connectivity index (χ0n) is 19.4. The summed E-state index contributed by atoms with van der Waals surface area (Å²) in [6.45, 7) is 3.12. The van der Waals surface area contributed by atoms with Gasteiger partial charge in [-0.05, 0) is 28.8 Å². The van der Waals surface area contributed by atoms with Crippen LogP contribution in [0.2, 0.25) is 0 Å². The SMILES string of the molecule is O=C(c1cccnc1)N1CCN(Cc2ccc(-c3ccc(C(O)(C(F)(F)F)C(F)(F)F)cc3)cc2)CC1. The van der Waals surface area contributed by atoms with E-state index in [2.05, 4.69) is 9.88 Å². The molecule has 1 saturated heterocycles. The lowest BCUT2D eigenvalue weighted by Crippen LogP contribution is -2.53. The van der Waals surface area contributed by atoms with E-state index < -0.39 is 23.5 Å². The van der Waals surface area contributed by atoms with Gasteiger partial charge in [-0.25, -0.2) is 0 Å². The van der Waals surface area contributed by atoms with E-state index in [9.17, 15) is 36.2 Å². The number of piperazine rings is 1. The van der Waals surface area contributed by atoms with E-state index in [1.54, 1.807) is 35.4 Å². The predicted molar refractivity (Wildman–Crippen MR) is 123 cm³/mol. The van der Waals surface area contributed by atoms with Crippen LogP contribution < -0.4 is 0 Å². The number of rotatable bonds is 5. The second-order valence-electron chi connectivity index (χ2n) is 8.79. The number of pyridine rings is 1. The average Bonchev–Trinajstić information content (AvgIpc) is 2.88. The summed E-state index contributed by atoms with van der Waals surface area (Å²) in [5.74, 6) is -0.0629. The zero-order chi connectivity index (χ0) is 26.8. The van der Waals surface area contributed by atoms with E-state index in [0.29, 0.717) is 61.5 Å². The molecular weight excluding hydrogens is 500 g/mol. The summed E-state index contributed by atoms with van der Waals surface area (Å²) >= 11 is 0. The van der Waals surface area contributed by atoms with Gasteiger partial charge in [0, 0.05) is 50.7 Å². The largest absolute Gasteiger partial charge is 0.430 e. The maximum atomic E-state index is 13.1. The molecule has 2 heterocycles. The maximum Gasteiger partial charge on any atom is 0.430 e. The number of carbonyl (C=O) groups is 1. The fourth-order valence-electron chi connectivity index (χ4n) is 4.23. The predicted octanol–water partition coefficient (Wildman–Crippen LogP) is 5.02. The number of hydrogen-bond donors (Lipinski definition) is 1. The number of alkyl halides is 6. The molecule has 1 N–H and O–H groups in total. The van der Waals surface area contributed by atoms with E-state index in [4.69, 9.17) is 0 Å². The normalized spacial score (nSPS) is 15.6. The summed E-state index contributed by atoms with van der Waals surface area (Å²) in [6, 6.07) is 14.1. The van der Waals surface area contributed by atoms with Gasteiger partial charge in [0.1, 0.15) is 0 Å². The molecule has 0 spiro atoms. The average molecular weight is 523 g/mol. The van der Waals surface area contributed by atoms with Gasteiger partial charge in [0.2, 0.25) is 0 Å². The van der Waals surface area contributed by atoms with Crippen LogP contribution in [0.15, 0.2) is 73.1 Å². The number of nitrogens with zero attached hydrogens (tertiary/aromatic N) is 3. The standard InChI is InChI=1S/C26H23F6N3O2/c27-25(28,29)24(37,26(30,31)32)22-9-7-20(8-10-22)19-5-3-18(4-6-19)17-34-12-14-35(15-13-34)23(36)21-2-1-11-33-16-21/h1-11,16,37H,12-15,17H2. The molecule has 11 heteroatoms. The van der Waals surface area contributed by atoms with Crippen molar-refractivity contribution in [3.05, 3.63) is 89.7 Å². The highest BCUT2D eigenvalue weighted by atomic mass is 19.4. The van der Waals surface area contributed by atoms with Gasteiger partial charge >= 0.3 is 12.4 Å². The third-order valence-electron chi connectivity index (χ3n) is 6.38. The zero-order valence-corrected chi connectivity index (χ0v) is 19.4. The monoisotopic (exact) mass is 523 g/mol. The van der Waals surface area contributed by atoms with Crippen molar-refractivity contribution in [3.63, 3.8) is 0 Å². The number of carbonyl (C=O) groups excluding carboxylic acids is 1. The first-order chi connectivity index (χ1) is 17.4. The van der Waals surface area contributed by atoms with Crippen LogP contribution >= 0.6 is 0 Å². The van der Waals surface area contributed by atoms with Gasteiger partial charge in [-0.15, -0.1) is 0 Å². The third-order valence-corrected chi connectivity index (χ3v) is 6.38. The van der Waals surface area contributed by atoms with E-state index in [-0.39, 0.29) is 5.91 Å². The summed E-state index contributed by atoms with van der Waals surface area (Å²) in [7, 11) is 0. The van der Waals surface area contributed by atoms with Crippen molar-refractivity contribution in [2.75, 3.05) is 26.2 Å². The molecule has 0 atom stereocenters. The topological polar surface area (TPSA) is 56.7 Å². The number of hydrogen-bond acceptors (Lipinski definition) is 4. The molecule has 196 valence electrons. The fourth-order valence-corrected chi connectivity index (χ4v) is 4.23. The number of aromatic nitrogens is 1. The van der Waals surface area contributed by atoms with Gasteiger partial charge in [-0.1, -0.05) is 48.5 Å². The Balaban J connectivity index is 1.38. The molecule has 3 aromatic rings. The van der Waals surface area contributed by atoms with E-state index in [1.165, 1.54) is 6.20 Å². The Morgan fingerprint density at radius 2 is 1.35 bits per heavy atom. The number of benzene rings is 2. The lowest BCUT2D eigenvalue weighted by atomic mass is 9.90. The molecule has 0 unspecified atom stereocenters. The lowest BCUT2D eigenvalue weighted by Gasteiger charge is -2.34. The first-order valence-electron chi connectivity index (χ1n) is 11.4. The maximum absolute atomic E-state index is 13.1. The Morgan fingerprint density at radius 1 is 0.811 bits per heavy atom. The minimum absolute atomic E-state index is 0.0629. The molecule has 5 nitrogen and oxygen atoms in total. The Labute approximate surface area is 209 Å². The van der Waals surface area contributed by atoms with Crippen LogP contribution in [0.5, 0.6) is 0 Å². The summed E-state index contributed by atoms with van der Waals surface area (Å²) < 4.78 is 78.5. The third kappa shape index (κ3) is 5.47. The summed E-state index contributed by atoms with van der Waals surface area (Å²) in [5.41, 5.74) is -3.73. The van der Waals surface area contributed by atoms with Gasteiger partial charge in [-0.2, -0.15) is 26.3 Å². The molecule has 2 aromatic carbocycles. The second-order valence-corrected chi connectivity index (χ2v) is 8.79. The molecule has 4 rings (SSSR count). The minimum atomic E-state index is -5.92. The molecule has 37 heavy (non-hydrogen) atoms. The van der Waals surface area contributed by atoms with Crippen molar-refractivity contribution in [3.8, 4) is 11.1 Å². The summed E-state index contributed by atoms with van der Waals surface area (Å²) in [5, 5.41) is 9.53. The van der Waals surface area contributed by atoms with Crippen LogP contribution in [0.1, 0.15) is 21.5 Å².